The number of hydrogen-bond donors (Lipinski definition) is 3. The minimum atomic E-state index is -4.74. The highest BCUT2D eigenvalue weighted by molar-refractivity contribution is 6.33. The van der Waals surface area contributed by atoms with Gasteiger partial charge in [0.2, 0.25) is 0 Å². The van der Waals surface area contributed by atoms with E-state index in [1.165, 1.54) is 30.3 Å². The van der Waals surface area contributed by atoms with Crippen LogP contribution < -0.4 is 11.1 Å². The molecule has 0 spiro atoms. The Morgan fingerprint density at radius 2 is 1.70 bits per heavy atom. The van der Waals surface area contributed by atoms with Gasteiger partial charge in [0.15, 0.2) is 0 Å². The van der Waals surface area contributed by atoms with E-state index in [2.05, 4.69) is 10.3 Å². The molecule has 0 saturated heterocycles. The lowest BCUT2D eigenvalue weighted by Gasteiger charge is -2.10. The number of nitrogens with zero attached hydrogens (tertiary/aromatic N) is 1. The number of benzene rings is 3. The number of aromatic hydroxyl groups is 1. The molecule has 0 unspecified atom stereocenters. The minimum absolute atomic E-state index is 0.0816. The zero-order valence-electron chi connectivity index (χ0n) is 17.3. The van der Waals surface area contributed by atoms with Crippen molar-refractivity contribution in [3.8, 4) is 5.75 Å². The zero-order chi connectivity index (χ0) is 24.2. The first-order chi connectivity index (χ1) is 15.5. The maximum absolute atomic E-state index is 13.0. The number of carbonyl (C=O) groups excluding carboxylic acids is 1. The first-order valence-corrected chi connectivity index (χ1v) is 10.0. The predicted octanol–water partition coefficient (Wildman–Crippen LogP) is 6.13. The Morgan fingerprint density at radius 1 is 1.06 bits per heavy atom. The Labute approximate surface area is 193 Å². The van der Waals surface area contributed by atoms with Crippen molar-refractivity contribution >= 4 is 34.6 Å². The molecule has 0 fully saturated rings. The van der Waals surface area contributed by atoms with Crippen molar-refractivity contribution in [2.24, 2.45) is 10.7 Å². The summed E-state index contributed by atoms with van der Waals surface area (Å²) in [4.78, 5) is 16.8. The van der Waals surface area contributed by atoms with Gasteiger partial charge in [0.05, 0.1) is 22.1 Å². The van der Waals surface area contributed by atoms with Crippen molar-refractivity contribution in [2.45, 2.75) is 13.1 Å². The number of allylic oxidation sites excluding steroid dienone is 2. The quantitative estimate of drug-likeness (QED) is 0.307. The molecule has 9 heteroatoms. The molecular weight excluding hydrogens is 455 g/mol. The molecule has 0 aliphatic rings. The molecule has 1 amide bonds. The largest absolute Gasteiger partial charge is 0.506 e. The van der Waals surface area contributed by atoms with Crippen LogP contribution in [-0.4, -0.2) is 22.9 Å². The summed E-state index contributed by atoms with van der Waals surface area (Å²) in [6.07, 6.45) is -4.03. The van der Waals surface area contributed by atoms with Crippen LogP contribution in [-0.2, 0) is 0 Å². The normalized spacial score (nSPS) is 12.5. The van der Waals surface area contributed by atoms with Gasteiger partial charge in [-0.05, 0) is 55.0 Å². The molecule has 0 aliphatic carbocycles. The minimum Gasteiger partial charge on any atom is -0.506 e. The molecule has 0 aliphatic heterocycles. The summed E-state index contributed by atoms with van der Waals surface area (Å²) in [6, 6.07) is 17.0. The molecule has 5 nitrogen and oxygen atoms in total. The van der Waals surface area contributed by atoms with Gasteiger partial charge in [0, 0.05) is 11.1 Å². The van der Waals surface area contributed by atoms with Gasteiger partial charge in [-0.25, -0.2) is 4.99 Å². The number of phenolic OH excluding ortho intramolecular Hbond substituents is 1. The number of hydrogen-bond acceptors (Lipinski definition) is 4. The van der Waals surface area contributed by atoms with Crippen LogP contribution >= 0.6 is 11.6 Å². The van der Waals surface area contributed by atoms with E-state index in [-0.39, 0.29) is 39.0 Å². The van der Waals surface area contributed by atoms with E-state index in [4.69, 9.17) is 17.3 Å². The maximum Gasteiger partial charge on any atom is 0.430 e. The van der Waals surface area contributed by atoms with E-state index in [0.29, 0.717) is 6.08 Å². The fraction of sp³-hybridized carbons (Fsp3) is 0.0833. The Hall–Kier alpha value is -3.78. The number of halogens is 4. The van der Waals surface area contributed by atoms with Crippen molar-refractivity contribution in [3.63, 3.8) is 0 Å². The number of nitrogens with two attached hydrogens (primary N) is 1. The molecule has 0 saturated carbocycles. The van der Waals surface area contributed by atoms with Gasteiger partial charge in [-0.15, -0.1) is 0 Å². The monoisotopic (exact) mass is 473 g/mol. The second kappa shape index (κ2) is 9.79. The van der Waals surface area contributed by atoms with E-state index in [1.54, 1.807) is 43.3 Å². The maximum atomic E-state index is 13.0. The highest BCUT2D eigenvalue weighted by Gasteiger charge is 2.31. The fourth-order valence-corrected chi connectivity index (χ4v) is 2.99. The number of anilines is 1. The number of para-hydroxylation sites is 1. The summed E-state index contributed by atoms with van der Waals surface area (Å²) in [7, 11) is 0. The molecule has 170 valence electrons. The van der Waals surface area contributed by atoms with Crippen molar-refractivity contribution in [1.82, 2.24) is 0 Å². The second-order valence-corrected chi connectivity index (χ2v) is 7.51. The lowest BCUT2D eigenvalue weighted by atomic mass is 10.1. The number of nitrogens with one attached hydrogen (secondary N) is 1. The summed E-state index contributed by atoms with van der Waals surface area (Å²) >= 11 is 6.09. The van der Waals surface area contributed by atoms with Gasteiger partial charge in [-0.3, -0.25) is 4.79 Å². The Kier molecular flexibility index (Phi) is 7.08. The van der Waals surface area contributed by atoms with Crippen LogP contribution in [0.25, 0.3) is 0 Å². The van der Waals surface area contributed by atoms with Crippen LogP contribution in [0.15, 0.2) is 83.5 Å². The third kappa shape index (κ3) is 6.14. The van der Waals surface area contributed by atoms with Crippen molar-refractivity contribution in [1.29, 1.82) is 0 Å². The van der Waals surface area contributed by atoms with E-state index in [9.17, 15) is 23.1 Å². The molecular formula is C24H19ClF3N3O2. The van der Waals surface area contributed by atoms with E-state index in [1.807, 2.05) is 0 Å². The van der Waals surface area contributed by atoms with Crippen LogP contribution in [0.3, 0.4) is 0 Å². The third-order valence-electron chi connectivity index (χ3n) is 4.56. The van der Waals surface area contributed by atoms with Crippen LogP contribution in [0.4, 0.5) is 24.5 Å². The summed E-state index contributed by atoms with van der Waals surface area (Å²) in [6.45, 7) is 1.80. The molecule has 0 heterocycles. The predicted molar refractivity (Wildman–Crippen MR) is 123 cm³/mol. The van der Waals surface area contributed by atoms with Gasteiger partial charge in [0.25, 0.3) is 5.91 Å². The van der Waals surface area contributed by atoms with E-state index in [0.717, 1.165) is 5.56 Å². The molecule has 0 radical (unpaired) electrons. The fourth-order valence-electron chi connectivity index (χ4n) is 2.82. The number of rotatable bonds is 5. The summed E-state index contributed by atoms with van der Waals surface area (Å²) in [5, 5.41) is 12.8. The standard InChI is InChI=1S/C24H19ClF3N3O2/c1-14-6-11-19(21(32)12-14)31-23(33)16-9-7-15(8-10-16)20(13-22(29)24(26,27)28)30-18-5-3-2-4-17(18)25/h2-13,32H,29H2,1H3,(H,31,33)/b22-13-,30-20?. The molecule has 0 atom stereocenters. The molecule has 0 aromatic heterocycles. The molecule has 33 heavy (non-hydrogen) atoms. The average molecular weight is 474 g/mol. The number of amides is 1. The molecule has 4 N–H and O–H groups in total. The van der Waals surface area contributed by atoms with Gasteiger partial charge in [-0.2, -0.15) is 13.2 Å². The number of aliphatic imine (C=N–C) groups is 1. The first kappa shape index (κ1) is 23.9. The highest BCUT2D eigenvalue weighted by Crippen LogP contribution is 2.28. The van der Waals surface area contributed by atoms with Gasteiger partial charge >= 0.3 is 6.18 Å². The number of carbonyl (C=O) groups is 1. The molecule has 3 aromatic rings. The van der Waals surface area contributed by atoms with Crippen LogP contribution in [0.5, 0.6) is 5.75 Å². The lowest BCUT2D eigenvalue weighted by molar-refractivity contribution is -0.0925. The second-order valence-electron chi connectivity index (χ2n) is 7.10. The highest BCUT2D eigenvalue weighted by atomic mass is 35.5. The Bertz CT molecular complexity index is 1240. The van der Waals surface area contributed by atoms with Crippen molar-refractivity contribution in [3.05, 3.63) is 100 Å². The number of aryl methyl sites for hydroxylation is 1. The van der Waals surface area contributed by atoms with E-state index < -0.39 is 17.8 Å². The summed E-state index contributed by atoms with van der Waals surface area (Å²) < 4.78 is 39.1. The Balaban J connectivity index is 1.93. The Morgan fingerprint density at radius 3 is 2.30 bits per heavy atom. The summed E-state index contributed by atoms with van der Waals surface area (Å²) in [5.41, 5.74) is 5.63. The molecule has 0 bridgehead atoms. The van der Waals surface area contributed by atoms with Crippen LogP contribution in [0.2, 0.25) is 5.02 Å². The SMILES string of the molecule is Cc1ccc(NC(=O)c2ccc(C(/C=C(\N)C(F)(F)F)=Nc3ccccc3Cl)cc2)c(O)c1. The van der Waals surface area contributed by atoms with Gasteiger partial charge < -0.3 is 16.2 Å². The third-order valence-corrected chi connectivity index (χ3v) is 4.88. The summed E-state index contributed by atoms with van der Waals surface area (Å²) in [5.74, 6) is -0.586. The first-order valence-electron chi connectivity index (χ1n) is 9.63. The van der Waals surface area contributed by atoms with Crippen molar-refractivity contribution < 1.29 is 23.1 Å². The topological polar surface area (TPSA) is 87.7 Å². The lowest BCUT2D eigenvalue weighted by Crippen LogP contribution is -2.21. The smallest absolute Gasteiger partial charge is 0.430 e. The molecule has 3 aromatic carbocycles. The van der Waals surface area contributed by atoms with Crippen molar-refractivity contribution in [2.75, 3.05) is 5.32 Å². The van der Waals surface area contributed by atoms with Gasteiger partial charge in [0.1, 0.15) is 11.4 Å². The van der Waals surface area contributed by atoms with Crippen LogP contribution in [0.1, 0.15) is 21.5 Å². The number of alkyl halides is 3. The van der Waals surface area contributed by atoms with Crippen LogP contribution in [0, 0.1) is 6.92 Å². The zero-order valence-corrected chi connectivity index (χ0v) is 18.1. The van der Waals surface area contributed by atoms with Gasteiger partial charge in [-0.1, -0.05) is 41.9 Å². The number of phenols is 1. The average Bonchev–Trinajstić information content (AvgIpc) is 2.76. The molecule has 3 rings (SSSR count). The van der Waals surface area contributed by atoms with E-state index >= 15 is 0 Å².